The topological polar surface area (TPSA) is 64.0 Å². The molecule has 5 nitrogen and oxygen atoms in total. The standard InChI is InChI=1S/C19H24F3N3O2S/c1-13(2)14-7-9-15(10-8-14)28(26,27)23-11-12-25-17-6-4-3-5-16(17)18(24-25)19(20,21)22/h7-10,13,23H,3-6,11-12H2,1-2H3. The summed E-state index contributed by atoms with van der Waals surface area (Å²) in [4.78, 5) is 0.135. The van der Waals surface area contributed by atoms with Gasteiger partial charge in [-0.2, -0.15) is 18.3 Å². The van der Waals surface area contributed by atoms with Gasteiger partial charge in [-0.3, -0.25) is 4.68 Å². The first kappa shape index (κ1) is 20.9. The minimum atomic E-state index is -4.50. The van der Waals surface area contributed by atoms with Gasteiger partial charge < -0.3 is 0 Å². The summed E-state index contributed by atoms with van der Waals surface area (Å²) in [5.74, 6) is 0.290. The van der Waals surface area contributed by atoms with E-state index in [-0.39, 0.29) is 23.5 Å². The van der Waals surface area contributed by atoms with Crippen LogP contribution in [0.1, 0.15) is 55.1 Å². The van der Waals surface area contributed by atoms with Crippen molar-refractivity contribution in [3.63, 3.8) is 0 Å². The second-order valence-electron chi connectivity index (χ2n) is 7.32. The van der Waals surface area contributed by atoms with Crippen LogP contribution in [0.4, 0.5) is 13.2 Å². The van der Waals surface area contributed by atoms with E-state index in [1.165, 1.54) is 16.8 Å². The Balaban J connectivity index is 1.71. The van der Waals surface area contributed by atoms with Crippen molar-refractivity contribution < 1.29 is 21.6 Å². The second-order valence-corrected chi connectivity index (χ2v) is 9.09. The highest BCUT2D eigenvalue weighted by molar-refractivity contribution is 7.89. The van der Waals surface area contributed by atoms with Gasteiger partial charge in [0.2, 0.25) is 10.0 Å². The van der Waals surface area contributed by atoms with Crippen molar-refractivity contribution >= 4 is 10.0 Å². The van der Waals surface area contributed by atoms with Crippen LogP contribution < -0.4 is 4.72 Å². The molecule has 3 rings (SSSR count). The van der Waals surface area contributed by atoms with Crippen LogP contribution in [0.15, 0.2) is 29.2 Å². The average molecular weight is 415 g/mol. The van der Waals surface area contributed by atoms with Gasteiger partial charge in [-0.1, -0.05) is 26.0 Å². The Kier molecular flexibility index (Phi) is 5.86. The van der Waals surface area contributed by atoms with E-state index in [0.717, 1.165) is 12.0 Å². The molecule has 0 fully saturated rings. The van der Waals surface area contributed by atoms with E-state index in [9.17, 15) is 21.6 Å². The van der Waals surface area contributed by atoms with Crippen LogP contribution >= 0.6 is 0 Å². The maximum atomic E-state index is 13.2. The summed E-state index contributed by atoms with van der Waals surface area (Å²) in [5, 5.41) is 3.74. The molecule has 0 saturated heterocycles. The fraction of sp³-hybridized carbons (Fsp3) is 0.526. The van der Waals surface area contributed by atoms with Gasteiger partial charge in [0.25, 0.3) is 0 Å². The fourth-order valence-corrected chi connectivity index (χ4v) is 4.51. The Labute approximate surface area is 163 Å². The molecule has 0 unspecified atom stereocenters. The second kappa shape index (κ2) is 7.87. The number of fused-ring (bicyclic) bond motifs is 1. The van der Waals surface area contributed by atoms with E-state index in [1.807, 2.05) is 13.8 Å². The van der Waals surface area contributed by atoms with Crippen molar-refractivity contribution in [3.05, 3.63) is 46.8 Å². The number of nitrogens with zero attached hydrogens (tertiary/aromatic N) is 2. The molecule has 2 aromatic rings. The molecule has 9 heteroatoms. The van der Waals surface area contributed by atoms with Gasteiger partial charge in [-0.25, -0.2) is 13.1 Å². The number of rotatable bonds is 6. The lowest BCUT2D eigenvalue weighted by atomic mass is 9.95. The first-order chi connectivity index (χ1) is 13.1. The summed E-state index contributed by atoms with van der Waals surface area (Å²) in [6.07, 6.45) is -2.09. The van der Waals surface area contributed by atoms with E-state index in [1.54, 1.807) is 12.1 Å². The largest absolute Gasteiger partial charge is 0.435 e. The lowest BCUT2D eigenvalue weighted by Gasteiger charge is -2.15. The number of nitrogens with one attached hydrogen (secondary N) is 1. The monoisotopic (exact) mass is 415 g/mol. The quantitative estimate of drug-likeness (QED) is 0.779. The van der Waals surface area contributed by atoms with Crippen LogP contribution in [0.5, 0.6) is 0 Å². The predicted molar refractivity (Wildman–Crippen MR) is 99.6 cm³/mol. The predicted octanol–water partition coefficient (Wildman–Crippen LogP) is 3.88. The maximum absolute atomic E-state index is 13.2. The molecule has 1 aromatic heterocycles. The molecule has 1 aliphatic carbocycles. The lowest BCUT2D eigenvalue weighted by Crippen LogP contribution is -2.28. The normalized spacial score (nSPS) is 15.1. The highest BCUT2D eigenvalue weighted by atomic mass is 32.2. The molecule has 1 heterocycles. The zero-order valence-corrected chi connectivity index (χ0v) is 16.7. The van der Waals surface area contributed by atoms with Gasteiger partial charge in [0.1, 0.15) is 0 Å². The highest BCUT2D eigenvalue weighted by Crippen LogP contribution is 2.35. The molecular weight excluding hydrogens is 391 g/mol. The molecule has 0 saturated carbocycles. The molecule has 154 valence electrons. The lowest BCUT2D eigenvalue weighted by molar-refractivity contribution is -0.142. The van der Waals surface area contributed by atoms with Crippen molar-refractivity contribution in [1.82, 2.24) is 14.5 Å². The van der Waals surface area contributed by atoms with E-state index in [0.29, 0.717) is 30.9 Å². The fourth-order valence-electron chi connectivity index (χ4n) is 3.48. The van der Waals surface area contributed by atoms with E-state index in [2.05, 4.69) is 9.82 Å². The zero-order chi connectivity index (χ0) is 20.5. The van der Waals surface area contributed by atoms with Gasteiger partial charge in [-0.15, -0.1) is 0 Å². The summed E-state index contributed by atoms with van der Waals surface area (Å²) < 4.78 is 68.3. The van der Waals surface area contributed by atoms with Crippen molar-refractivity contribution in [2.24, 2.45) is 0 Å². The third-order valence-corrected chi connectivity index (χ3v) is 6.48. The van der Waals surface area contributed by atoms with Crippen molar-refractivity contribution in [3.8, 4) is 0 Å². The van der Waals surface area contributed by atoms with Crippen LogP contribution in [0.3, 0.4) is 0 Å². The number of alkyl halides is 3. The molecule has 0 aliphatic heterocycles. The minimum absolute atomic E-state index is 0.0281. The molecule has 0 bridgehead atoms. The molecule has 1 aliphatic rings. The SMILES string of the molecule is CC(C)c1ccc(S(=O)(=O)NCCn2nc(C(F)(F)F)c3c2CCCC3)cc1. The summed E-state index contributed by atoms with van der Waals surface area (Å²) in [6, 6.07) is 6.60. The summed E-state index contributed by atoms with van der Waals surface area (Å²) in [7, 11) is -3.73. The zero-order valence-electron chi connectivity index (χ0n) is 15.9. The average Bonchev–Trinajstić information content (AvgIpc) is 3.01. The number of hydrogen-bond donors (Lipinski definition) is 1. The van der Waals surface area contributed by atoms with Crippen LogP contribution in [0.2, 0.25) is 0 Å². The molecule has 0 spiro atoms. The van der Waals surface area contributed by atoms with Gasteiger partial charge in [0.15, 0.2) is 5.69 Å². The van der Waals surface area contributed by atoms with Crippen molar-refractivity contribution in [2.45, 2.75) is 63.1 Å². The number of hydrogen-bond acceptors (Lipinski definition) is 3. The first-order valence-electron chi connectivity index (χ1n) is 9.35. The number of aromatic nitrogens is 2. The van der Waals surface area contributed by atoms with Crippen molar-refractivity contribution in [1.29, 1.82) is 0 Å². The van der Waals surface area contributed by atoms with Crippen LogP contribution in [0.25, 0.3) is 0 Å². The van der Waals surface area contributed by atoms with Crippen LogP contribution in [0, 0.1) is 0 Å². The third-order valence-electron chi connectivity index (χ3n) is 5.00. The van der Waals surface area contributed by atoms with E-state index >= 15 is 0 Å². The van der Waals surface area contributed by atoms with Gasteiger partial charge in [0, 0.05) is 17.8 Å². The molecule has 0 radical (unpaired) electrons. The number of halogens is 3. The Morgan fingerprint density at radius 2 is 1.79 bits per heavy atom. The molecule has 1 N–H and O–H groups in total. The van der Waals surface area contributed by atoms with Crippen LogP contribution in [-0.2, 0) is 35.6 Å². The molecular formula is C19H24F3N3O2S. The van der Waals surface area contributed by atoms with Gasteiger partial charge in [0.05, 0.1) is 11.4 Å². The Morgan fingerprint density at radius 3 is 2.39 bits per heavy atom. The highest BCUT2D eigenvalue weighted by Gasteiger charge is 2.39. The Morgan fingerprint density at radius 1 is 1.14 bits per heavy atom. The number of benzene rings is 1. The van der Waals surface area contributed by atoms with Gasteiger partial charge in [-0.05, 0) is 49.3 Å². The van der Waals surface area contributed by atoms with Crippen LogP contribution in [-0.4, -0.2) is 24.7 Å². The first-order valence-corrected chi connectivity index (χ1v) is 10.8. The molecule has 1 aromatic carbocycles. The maximum Gasteiger partial charge on any atom is 0.435 e. The van der Waals surface area contributed by atoms with Crippen molar-refractivity contribution in [2.75, 3.05) is 6.54 Å². The van der Waals surface area contributed by atoms with E-state index in [4.69, 9.17) is 0 Å². The Bertz CT molecular complexity index is 933. The smallest absolute Gasteiger partial charge is 0.267 e. The number of sulfonamides is 1. The third kappa shape index (κ3) is 4.41. The molecule has 28 heavy (non-hydrogen) atoms. The molecule has 0 amide bonds. The minimum Gasteiger partial charge on any atom is -0.267 e. The summed E-state index contributed by atoms with van der Waals surface area (Å²) in [5.41, 5.74) is 1.01. The molecule has 0 atom stereocenters. The summed E-state index contributed by atoms with van der Waals surface area (Å²) in [6.45, 7) is 4.06. The van der Waals surface area contributed by atoms with Gasteiger partial charge >= 0.3 is 6.18 Å². The summed E-state index contributed by atoms with van der Waals surface area (Å²) >= 11 is 0. The Hall–Kier alpha value is -1.87. The van der Waals surface area contributed by atoms with E-state index < -0.39 is 21.9 Å².